The number of rotatable bonds is 6. The molecule has 0 bridgehead atoms. The summed E-state index contributed by atoms with van der Waals surface area (Å²) in [7, 11) is 1.49. The molecule has 194 valence electrons. The molecule has 3 rings (SSSR count). The molecule has 0 aromatic heterocycles. The first kappa shape index (κ1) is 27.4. The molecule has 4 atom stereocenters. The summed E-state index contributed by atoms with van der Waals surface area (Å²) in [5.74, 6) is 5.81. The van der Waals surface area contributed by atoms with Crippen LogP contribution in [0.25, 0.3) is 0 Å². The maximum absolute atomic E-state index is 12.7. The first-order valence-electron chi connectivity index (χ1n) is 11.5. The van der Waals surface area contributed by atoms with Gasteiger partial charge >= 0.3 is 6.18 Å². The van der Waals surface area contributed by atoms with Crippen LogP contribution in [0.15, 0.2) is 42.5 Å². The average molecular weight is 506 g/mol. The smallest absolute Gasteiger partial charge is 0.416 e. The van der Waals surface area contributed by atoms with E-state index in [1.54, 1.807) is 24.0 Å². The third-order valence-electron chi connectivity index (χ3n) is 6.69. The summed E-state index contributed by atoms with van der Waals surface area (Å²) in [4.78, 5) is 14.0. The van der Waals surface area contributed by atoms with Gasteiger partial charge in [-0.1, -0.05) is 24.8 Å². The Balaban J connectivity index is 1.79. The number of alkyl halides is 3. The zero-order valence-corrected chi connectivity index (χ0v) is 20.6. The SMILES string of the molecule is COc1ccc([C@@H]2CN(C(=O)[C@H](C)O)C[C@@]2(C)[C@@H](C)O)cc1OCC#Cc1ccc(C(F)(F)F)cc1. The molecule has 1 aliphatic heterocycles. The number of aliphatic hydroxyl groups is 2. The molecule has 1 amide bonds. The lowest BCUT2D eigenvalue weighted by Gasteiger charge is -2.33. The lowest BCUT2D eigenvalue weighted by atomic mass is 9.72. The molecular formula is C27H30F3NO5. The maximum Gasteiger partial charge on any atom is 0.416 e. The molecule has 6 nitrogen and oxygen atoms in total. The number of carbonyl (C=O) groups excluding carboxylic acids is 1. The van der Waals surface area contributed by atoms with E-state index in [-0.39, 0.29) is 12.5 Å². The molecule has 1 heterocycles. The van der Waals surface area contributed by atoms with E-state index in [9.17, 15) is 28.2 Å². The van der Waals surface area contributed by atoms with E-state index < -0.39 is 35.3 Å². The highest BCUT2D eigenvalue weighted by molar-refractivity contribution is 5.80. The quantitative estimate of drug-likeness (QED) is 0.584. The molecule has 0 aliphatic carbocycles. The number of hydrogen-bond acceptors (Lipinski definition) is 5. The number of carbonyl (C=O) groups is 1. The number of nitrogens with zero attached hydrogens (tertiary/aromatic N) is 1. The highest BCUT2D eigenvalue weighted by Crippen LogP contribution is 2.47. The molecule has 9 heteroatoms. The molecule has 0 saturated carbocycles. The van der Waals surface area contributed by atoms with Crippen molar-refractivity contribution in [3.8, 4) is 23.3 Å². The van der Waals surface area contributed by atoms with Crippen molar-refractivity contribution < 1.29 is 37.7 Å². The molecule has 0 radical (unpaired) electrons. The van der Waals surface area contributed by atoms with Gasteiger partial charge in [0, 0.05) is 30.0 Å². The Labute approximate surface area is 208 Å². The van der Waals surface area contributed by atoms with Gasteiger partial charge in [-0.3, -0.25) is 4.79 Å². The Morgan fingerprint density at radius 2 is 1.83 bits per heavy atom. The van der Waals surface area contributed by atoms with Crippen LogP contribution in [0, 0.1) is 17.3 Å². The molecule has 2 aromatic carbocycles. The van der Waals surface area contributed by atoms with Gasteiger partial charge in [0.1, 0.15) is 12.7 Å². The van der Waals surface area contributed by atoms with Gasteiger partial charge in [-0.15, -0.1) is 0 Å². The van der Waals surface area contributed by atoms with Crippen molar-refractivity contribution in [3.63, 3.8) is 0 Å². The molecule has 1 fully saturated rings. The summed E-state index contributed by atoms with van der Waals surface area (Å²) in [6.07, 6.45) is -6.27. The van der Waals surface area contributed by atoms with Crippen molar-refractivity contribution in [2.45, 2.75) is 45.1 Å². The minimum absolute atomic E-state index is 0.0359. The van der Waals surface area contributed by atoms with E-state index >= 15 is 0 Å². The van der Waals surface area contributed by atoms with Crippen LogP contribution in [-0.2, 0) is 11.0 Å². The fourth-order valence-electron chi connectivity index (χ4n) is 4.37. The molecule has 0 unspecified atom stereocenters. The second-order valence-electron chi connectivity index (χ2n) is 9.20. The number of likely N-dealkylation sites (tertiary alicyclic amines) is 1. The van der Waals surface area contributed by atoms with Gasteiger partial charge in [-0.2, -0.15) is 13.2 Å². The topological polar surface area (TPSA) is 79.2 Å². The Kier molecular flexibility index (Phi) is 8.22. The van der Waals surface area contributed by atoms with Crippen molar-refractivity contribution >= 4 is 5.91 Å². The molecular weight excluding hydrogens is 475 g/mol. The largest absolute Gasteiger partial charge is 0.493 e. The van der Waals surface area contributed by atoms with Crippen molar-refractivity contribution in [3.05, 3.63) is 59.2 Å². The van der Waals surface area contributed by atoms with Crippen LogP contribution in [0.3, 0.4) is 0 Å². The van der Waals surface area contributed by atoms with Crippen LogP contribution < -0.4 is 9.47 Å². The highest BCUT2D eigenvalue weighted by Gasteiger charge is 2.48. The van der Waals surface area contributed by atoms with Gasteiger partial charge in [0.2, 0.25) is 0 Å². The van der Waals surface area contributed by atoms with E-state index in [0.717, 1.165) is 17.7 Å². The summed E-state index contributed by atoms with van der Waals surface area (Å²) in [6, 6.07) is 9.91. The Bertz CT molecular complexity index is 1130. The van der Waals surface area contributed by atoms with E-state index in [0.29, 0.717) is 30.2 Å². The zero-order chi connectivity index (χ0) is 26.7. The number of ether oxygens (including phenoxy) is 2. The number of amides is 1. The fraction of sp³-hybridized carbons (Fsp3) is 0.444. The Hall–Kier alpha value is -3.22. The predicted octanol–water partition coefficient (Wildman–Crippen LogP) is 3.84. The van der Waals surface area contributed by atoms with Gasteiger partial charge in [0.05, 0.1) is 18.8 Å². The summed E-state index contributed by atoms with van der Waals surface area (Å²) in [5, 5.41) is 20.3. The van der Waals surface area contributed by atoms with E-state index in [4.69, 9.17) is 9.47 Å². The molecule has 2 N–H and O–H groups in total. The normalized spacial score (nSPS) is 21.4. The van der Waals surface area contributed by atoms with Gasteiger partial charge in [-0.25, -0.2) is 0 Å². The summed E-state index contributed by atoms with van der Waals surface area (Å²) < 4.78 is 49.3. The molecule has 2 aromatic rings. The second kappa shape index (κ2) is 10.8. The minimum Gasteiger partial charge on any atom is -0.493 e. The van der Waals surface area contributed by atoms with Crippen LogP contribution in [-0.4, -0.2) is 60.0 Å². The van der Waals surface area contributed by atoms with Gasteiger partial charge in [0.25, 0.3) is 5.91 Å². The van der Waals surface area contributed by atoms with Gasteiger partial charge in [0.15, 0.2) is 11.5 Å². The second-order valence-corrected chi connectivity index (χ2v) is 9.20. The average Bonchev–Trinajstić information content (AvgIpc) is 3.19. The van der Waals surface area contributed by atoms with E-state index in [2.05, 4.69) is 11.8 Å². The van der Waals surface area contributed by atoms with Crippen LogP contribution in [0.2, 0.25) is 0 Å². The predicted molar refractivity (Wildman–Crippen MR) is 128 cm³/mol. The Morgan fingerprint density at radius 1 is 1.17 bits per heavy atom. The number of halogens is 3. The van der Waals surface area contributed by atoms with E-state index in [1.807, 2.05) is 13.0 Å². The monoisotopic (exact) mass is 505 g/mol. The third-order valence-corrected chi connectivity index (χ3v) is 6.69. The Morgan fingerprint density at radius 3 is 2.39 bits per heavy atom. The summed E-state index contributed by atoms with van der Waals surface area (Å²) in [6.45, 7) is 5.58. The van der Waals surface area contributed by atoms with Crippen molar-refractivity contribution in [1.82, 2.24) is 4.90 Å². The number of hydrogen-bond donors (Lipinski definition) is 2. The lowest BCUT2D eigenvalue weighted by Crippen LogP contribution is -2.40. The molecule has 1 aliphatic rings. The van der Waals surface area contributed by atoms with Gasteiger partial charge < -0.3 is 24.6 Å². The molecule has 0 spiro atoms. The number of methoxy groups -OCH3 is 1. The van der Waals surface area contributed by atoms with Crippen molar-refractivity contribution in [2.75, 3.05) is 26.8 Å². The summed E-state index contributed by atoms with van der Waals surface area (Å²) >= 11 is 0. The fourth-order valence-corrected chi connectivity index (χ4v) is 4.37. The van der Waals surface area contributed by atoms with Crippen LogP contribution in [0.5, 0.6) is 11.5 Å². The minimum atomic E-state index is -4.40. The maximum atomic E-state index is 12.7. The molecule has 36 heavy (non-hydrogen) atoms. The lowest BCUT2D eigenvalue weighted by molar-refractivity contribution is -0.139. The first-order valence-corrected chi connectivity index (χ1v) is 11.5. The zero-order valence-electron chi connectivity index (χ0n) is 20.6. The van der Waals surface area contributed by atoms with Crippen LogP contribution in [0.4, 0.5) is 13.2 Å². The third kappa shape index (κ3) is 5.94. The standard InChI is InChI=1S/C27H30F3NO5/c1-17(32)25(34)31-15-22(26(3,16-31)18(2)33)20-9-12-23(35-4)24(14-20)36-13-5-6-19-7-10-21(11-8-19)27(28,29)30/h7-12,14,17-18,22,32-33H,13,15-16H2,1-4H3/t17-,18+,22-,26-/m0/s1. The highest BCUT2D eigenvalue weighted by atomic mass is 19.4. The van der Waals surface area contributed by atoms with Crippen molar-refractivity contribution in [1.29, 1.82) is 0 Å². The van der Waals surface area contributed by atoms with Gasteiger partial charge in [-0.05, 0) is 55.8 Å². The number of aliphatic hydroxyl groups excluding tert-OH is 2. The molecule has 1 saturated heterocycles. The summed E-state index contributed by atoms with van der Waals surface area (Å²) in [5.41, 5.74) is -0.144. The van der Waals surface area contributed by atoms with Crippen LogP contribution >= 0.6 is 0 Å². The number of benzene rings is 2. The van der Waals surface area contributed by atoms with Crippen LogP contribution in [0.1, 0.15) is 43.4 Å². The van der Waals surface area contributed by atoms with Crippen molar-refractivity contribution in [2.24, 2.45) is 5.41 Å². The first-order chi connectivity index (χ1) is 16.9. The van der Waals surface area contributed by atoms with E-state index in [1.165, 1.54) is 26.2 Å².